The molecule has 26 heavy (non-hydrogen) atoms. The Morgan fingerprint density at radius 3 is 2.77 bits per heavy atom. The molecule has 0 fully saturated rings. The van der Waals surface area contributed by atoms with Gasteiger partial charge in [-0.3, -0.25) is 9.89 Å². The van der Waals surface area contributed by atoms with Crippen LogP contribution >= 0.6 is 23.8 Å². The zero-order valence-electron chi connectivity index (χ0n) is 13.6. The van der Waals surface area contributed by atoms with Crippen LogP contribution in [0.25, 0.3) is 0 Å². The fourth-order valence-electron chi connectivity index (χ4n) is 2.81. The molecule has 2 heterocycles. The summed E-state index contributed by atoms with van der Waals surface area (Å²) < 4.78 is 1.84. The third-order valence-electron chi connectivity index (χ3n) is 4.10. The molecule has 0 saturated carbocycles. The van der Waals surface area contributed by atoms with E-state index in [9.17, 15) is 4.79 Å². The molecule has 0 aliphatic carbocycles. The van der Waals surface area contributed by atoms with Crippen molar-refractivity contribution in [3.63, 3.8) is 0 Å². The SMILES string of the molecule is O=C1Nc2ccc(Cl)cc2/C1=N/n1c(CCc2ccccc2)n[nH]c1=S. The maximum atomic E-state index is 12.3. The number of halogens is 1. The Morgan fingerprint density at radius 2 is 1.96 bits per heavy atom. The molecule has 2 aromatic carbocycles. The number of carbonyl (C=O) groups is 1. The number of amides is 1. The molecule has 0 unspecified atom stereocenters. The van der Waals surface area contributed by atoms with Crippen LogP contribution in [0.2, 0.25) is 5.02 Å². The third-order valence-corrected chi connectivity index (χ3v) is 4.60. The lowest BCUT2D eigenvalue weighted by Gasteiger charge is -2.03. The van der Waals surface area contributed by atoms with Gasteiger partial charge in [0.1, 0.15) is 0 Å². The van der Waals surface area contributed by atoms with Crippen molar-refractivity contribution >= 4 is 41.1 Å². The summed E-state index contributed by atoms with van der Waals surface area (Å²) >= 11 is 11.3. The van der Waals surface area contributed by atoms with E-state index < -0.39 is 0 Å². The van der Waals surface area contributed by atoms with Crippen LogP contribution in [0, 0.1) is 4.77 Å². The highest BCUT2D eigenvalue weighted by molar-refractivity contribution is 7.71. The first-order valence-electron chi connectivity index (χ1n) is 8.02. The molecular formula is C18H14ClN5OS. The quantitative estimate of drug-likeness (QED) is 0.676. The Labute approximate surface area is 159 Å². The Kier molecular flexibility index (Phi) is 4.40. The van der Waals surface area contributed by atoms with Gasteiger partial charge in [-0.05, 0) is 42.4 Å². The van der Waals surface area contributed by atoms with Gasteiger partial charge in [-0.1, -0.05) is 41.9 Å². The maximum Gasteiger partial charge on any atom is 0.276 e. The van der Waals surface area contributed by atoms with Crippen LogP contribution in [0.1, 0.15) is 17.0 Å². The molecule has 3 aromatic rings. The summed E-state index contributed by atoms with van der Waals surface area (Å²) in [5.74, 6) is 0.369. The van der Waals surface area contributed by atoms with E-state index in [1.54, 1.807) is 18.2 Å². The molecule has 1 amide bonds. The normalized spacial score (nSPS) is 14.5. The number of carbonyl (C=O) groups excluding carboxylic acids is 1. The number of aromatic amines is 1. The second-order valence-corrected chi connectivity index (χ2v) is 6.66. The summed E-state index contributed by atoms with van der Waals surface area (Å²) in [4.78, 5) is 12.3. The summed E-state index contributed by atoms with van der Waals surface area (Å²) in [5, 5.41) is 14.8. The predicted molar refractivity (Wildman–Crippen MR) is 103 cm³/mol. The Balaban J connectivity index is 1.68. The monoisotopic (exact) mass is 383 g/mol. The van der Waals surface area contributed by atoms with Gasteiger partial charge >= 0.3 is 0 Å². The zero-order valence-corrected chi connectivity index (χ0v) is 15.1. The van der Waals surface area contributed by atoms with Crippen molar-refractivity contribution in [2.45, 2.75) is 12.8 Å². The second-order valence-electron chi connectivity index (χ2n) is 5.84. The first-order valence-corrected chi connectivity index (χ1v) is 8.81. The van der Waals surface area contributed by atoms with E-state index in [1.165, 1.54) is 10.2 Å². The van der Waals surface area contributed by atoms with Crippen molar-refractivity contribution in [3.8, 4) is 0 Å². The molecule has 1 aliphatic heterocycles. The number of aromatic nitrogens is 3. The molecule has 2 N–H and O–H groups in total. The number of nitrogens with zero attached hydrogens (tertiary/aromatic N) is 3. The van der Waals surface area contributed by atoms with Gasteiger partial charge in [-0.15, -0.1) is 0 Å². The lowest BCUT2D eigenvalue weighted by Crippen LogP contribution is -2.16. The van der Waals surface area contributed by atoms with Gasteiger partial charge in [0.2, 0.25) is 4.77 Å². The van der Waals surface area contributed by atoms with Crippen LogP contribution in [0.5, 0.6) is 0 Å². The van der Waals surface area contributed by atoms with Crippen molar-refractivity contribution in [3.05, 3.63) is 75.3 Å². The Hall–Kier alpha value is -2.77. The van der Waals surface area contributed by atoms with Gasteiger partial charge in [0, 0.05) is 17.0 Å². The van der Waals surface area contributed by atoms with Crippen molar-refractivity contribution in [1.29, 1.82) is 0 Å². The number of rotatable bonds is 4. The lowest BCUT2D eigenvalue weighted by molar-refractivity contribution is -0.110. The molecule has 8 heteroatoms. The maximum absolute atomic E-state index is 12.3. The van der Waals surface area contributed by atoms with E-state index in [4.69, 9.17) is 23.8 Å². The molecule has 1 aliphatic rings. The van der Waals surface area contributed by atoms with Gasteiger partial charge < -0.3 is 5.32 Å². The van der Waals surface area contributed by atoms with Gasteiger partial charge in [-0.2, -0.15) is 14.9 Å². The molecule has 0 atom stereocenters. The smallest absolute Gasteiger partial charge is 0.276 e. The number of fused-ring (bicyclic) bond motifs is 1. The van der Waals surface area contributed by atoms with E-state index in [2.05, 4.69) is 32.7 Å². The van der Waals surface area contributed by atoms with E-state index in [0.29, 0.717) is 33.3 Å². The minimum atomic E-state index is -0.292. The van der Waals surface area contributed by atoms with Gasteiger partial charge in [0.25, 0.3) is 5.91 Å². The summed E-state index contributed by atoms with van der Waals surface area (Å²) in [6.07, 6.45) is 1.43. The van der Waals surface area contributed by atoms with Gasteiger partial charge in [-0.25, -0.2) is 0 Å². The number of hydrogen-bond acceptors (Lipinski definition) is 4. The lowest BCUT2D eigenvalue weighted by atomic mass is 10.1. The van der Waals surface area contributed by atoms with Crippen LogP contribution in [0.15, 0.2) is 53.6 Å². The Morgan fingerprint density at radius 1 is 1.15 bits per heavy atom. The zero-order chi connectivity index (χ0) is 18.1. The highest BCUT2D eigenvalue weighted by Crippen LogP contribution is 2.26. The third kappa shape index (κ3) is 3.18. The minimum absolute atomic E-state index is 0.265. The molecule has 4 rings (SSSR count). The molecule has 0 bridgehead atoms. The van der Waals surface area contributed by atoms with Crippen LogP contribution in [-0.2, 0) is 17.6 Å². The second kappa shape index (κ2) is 6.86. The molecule has 1 aromatic heterocycles. The highest BCUT2D eigenvalue weighted by atomic mass is 35.5. The average molecular weight is 384 g/mol. The topological polar surface area (TPSA) is 75.1 Å². The van der Waals surface area contributed by atoms with Crippen LogP contribution < -0.4 is 5.32 Å². The van der Waals surface area contributed by atoms with E-state index in [-0.39, 0.29) is 11.6 Å². The average Bonchev–Trinajstić information content (AvgIpc) is 3.15. The molecule has 6 nitrogen and oxygen atoms in total. The predicted octanol–water partition coefficient (Wildman–Crippen LogP) is 3.58. The number of nitrogens with one attached hydrogen (secondary N) is 2. The van der Waals surface area contributed by atoms with Gasteiger partial charge in [0.15, 0.2) is 11.5 Å². The van der Waals surface area contributed by atoms with Crippen molar-refractivity contribution in [2.24, 2.45) is 5.10 Å². The first kappa shape index (κ1) is 16.7. The minimum Gasteiger partial charge on any atom is -0.320 e. The van der Waals surface area contributed by atoms with Crippen LogP contribution in [-0.4, -0.2) is 26.5 Å². The number of hydrogen-bond donors (Lipinski definition) is 2. The van der Waals surface area contributed by atoms with Gasteiger partial charge in [0.05, 0.1) is 5.69 Å². The fraction of sp³-hybridized carbons (Fsp3) is 0.111. The first-order chi connectivity index (χ1) is 12.6. The largest absolute Gasteiger partial charge is 0.320 e. The number of aryl methyl sites for hydroxylation is 2. The van der Waals surface area contributed by atoms with Crippen molar-refractivity contribution in [1.82, 2.24) is 14.9 Å². The summed E-state index contributed by atoms with van der Waals surface area (Å²) in [7, 11) is 0. The molecule has 0 spiro atoms. The summed E-state index contributed by atoms with van der Waals surface area (Å²) in [6, 6.07) is 15.3. The summed E-state index contributed by atoms with van der Waals surface area (Å²) in [5.41, 5.74) is 2.79. The van der Waals surface area contributed by atoms with Crippen molar-refractivity contribution in [2.75, 3.05) is 5.32 Å². The van der Waals surface area contributed by atoms with E-state index in [1.807, 2.05) is 18.2 Å². The van der Waals surface area contributed by atoms with Crippen LogP contribution in [0.4, 0.5) is 5.69 Å². The summed E-state index contributed by atoms with van der Waals surface area (Å²) in [6.45, 7) is 0. The number of H-pyrrole nitrogens is 1. The van der Waals surface area contributed by atoms with E-state index >= 15 is 0 Å². The fourth-order valence-corrected chi connectivity index (χ4v) is 3.18. The standard InChI is InChI=1S/C18H14ClN5OS/c19-12-7-8-14-13(10-12)16(17(25)20-14)23-24-15(21-22-18(24)26)9-6-11-4-2-1-3-5-11/h1-5,7-8,10H,6,9H2,(H,22,26)(H,20,23,25). The van der Waals surface area contributed by atoms with E-state index in [0.717, 1.165) is 6.42 Å². The molecule has 130 valence electrons. The molecule has 0 radical (unpaired) electrons. The Bertz CT molecular complexity index is 1070. The number of anilines is 1. The number of benzene rings is 2. The molecule has 0 saturated heterocycles. The van der Waals surface area contributed by atoms with Crippen molar-refractivity contribution < 1.29 is 4.79 Å². The van der Waals surface area contributed by atoms with Crippen LogP contribution in [0.3, 0.4) is 0 Å². The highest BCUT2D eigenvalue weighted by Gasteiger charge is 2.27. The molecular weight excluding hydrogens is 370 g/mol.